The fourth-order valence-electron chi connectivity index (χ4n) is 2.13. The number of alkyl halides is 3. The molecule has 0 saturated carbocycles. The number of anilines is 1. The molecule has 0 radical (unpaired) electrons. The molecule has 0 aliphatic rings. The number of sulfonamides is 1. The fraction of sp³-hybridized carbons (Fsp3) is 0.235. The number of rotatable bonds is 7. The van der Waals surface area contributed by atoms with Crippen LogP contribution in [-0.4, -0.2) is 20.6 Å². The van der Waals surface area contributed by atoms with Crippen LogP contribution in [0.2, 0.25) is 0 Å². The van der Waals surface area contributed by atoms with E-state index in [0.717, 1.165) is 24.3 Å². The van der Waals surface area contributed by atoms with Crippen molar-refractivity contribution in [3.8, 4) is 5.75 Å². The molecule has 0 fully saturated rings. The van der Waals surface area contributed by atoms with E-state index in [-0.39, 0.29) is 16.4 Å². The van der Waals surface area contributed by atoms with E-state index in [9.17, 15) is 26.4 Å². The lowest BCUT2D eigenvalue weighted by Crippen LogP contribution is -2.17. The van der Waals surface area contributed by atoms with E-state index >= 15 is 0 Å². The topological polar surface area (TPSA) is 72.5 Å². The van der Waals surface area contributed by atoms with Gasteiger partial charge in [-0.2, -0.15) is 0 Å². The zero-order valence-corrected chi connectivity index (χ0v) is 14.5. The number of carbonyl (C=O) groups is 1. The fourth-order valence-corrected chi connectivity index (χ4v) is 3.19. The minimum atomic E-state index is -4.85. The highest BCUT2D eigenvalue weighted by Gasteiger charge is 2.31. The summed E-state index contributed by atoms with van der Waals surface area (Å²) in [4.78, 5) is 11.5. The number of hydrogen-bond acceptors (Lipinski definition) is 4. The molecule has 26 heavy (non-hydrogen) atoms. The molecule has 0 atom stereocenters. The molecule has 1 N–H and O–H groups in total. The van der Waals surface area contributed by atoms with Gasteiger partial charge in [-0.05, 0) is 55.0 Å². The molecule has 0 aliphatic carbocycles. The van der Waals surface area contributed by atoms with Crippen LogP contribution in [0.25, 0.3) is 0 Å². The van der Waals surface area contributed by atoms with E-state index in [0.29, 0.717) is 18.4 Å². The average Bonchev–Trinajstić information content (AvgIpc) is 2.54. The van der Waals surface area contributed by atoms with Crippen LogP contribution in [0.5, 0.6) is 5.75 Å². The highest BCUT2D eigenvalue weighted by atomic mass is 32.2. The summed E-state index contributed by atoms with van der Waals surface area (Å²) in [5.41, 5.74) is 0.706. The minimum Gasteiger partial charge on any atom is -0.406 e. The molecule has 2 aromatic carbocycles. The maximum Gasteiger partial charge on any atom is 0.573 e. The second-order valence-corrected chi connectivity index (χ2v) is 7.06. The Morgan fingerprint density at radius 2 is 1.62 bits per heavy atom. The molecule has 0 saturated heterocycles. The van der Waals surface area contributed by atoms with Crippen LogP contribution in [0, 0.1) is 0 Å². The monoisotopic (exact) mass is 387 g/mol. The summed E-state index contributed by atoms with van der Waals surface area (Å²) in [6.07, 6.45) is -3.74. The third kappa shape index (κ3) is 5.48. The van der Waals surface area contributed by atoms with E-state index in [1.807, 2.05) is 6.92 Å². The number of nitrogens with one attached hydrogen (secondary N) is 1. The van der Waals surface area contributed by atoms with Gasteiger partial charge in [0.25, 0.3) is 10.0 Å². The molecule has 0 aromatic heterocycles. The van der Waals surface area contributed by atoms with E-state index in [4.69, 9.17) is 0 Å². The van der Waals surface area contributed by atoms with Crippen LogP contribution < -0.4 is 9.46 Å². The summed E-state index contributed by atoms with van der Waals surface area (Å²) in [6, 6.07) is 9.74. The van der Waals surface area contributed by atoms with E-state index < -0.39 is 22.1 Å². The van der Waals surface area contributed by atoms with Crippen LogP contribution in [0.1, 0.15) is 30.1 Å². The number of carbonyl (C=O) groups excluding carboxylic acids is 1. The quantitative estimate of drug-likeness (QED) is 0.716. The van der Waals surface area contributed by atoms with Crippen molar-refractivity contribution >= 4 is 21.5 Å². The van der Waals surface area contributed by atoms with E-state index in [1.165, 1.54) is 24.3 Å². The van der Waals surface area contributed by atoms with Crippen LogP contribution >= 0.6 is 0 Å². The molecule has 9 heteroatoms. The van der Waals surface area contributed by atoms with Gasteiger partial charge in [0.15, 0.2) is 5.78 Å². The first-order valence-corrected chi connectivity index (χ1v) is 9.11. The molecular formula is C17H16F3NO4S. The summed E-state index contributed by atoms with van der Waals surface area (Å²) >= 11 is 0. The molecule has 0 aliphatic heterocycles. The number of ether oxygens (including phenoxy) is 1. The molecule has 0 spiro atoms. The summed E-state index contributed by atoms with van der Waals surface area (Å²) in [5, 5.41) is 0. The van der Waals surface area contributed by atoms with E-state index in [2.05, 4.69) is 9.46 Å². The van der Waals surface area contributed by atoms with E-state index in [1.54, 1.807) is 0 Å². The van der Waals surface area contributed by atoms with Crippen molar-refractivity contribution < 1.29 is 31.1 Å². The first kappa shape index (κ1) is 19.8. The molecular weight excluding hydrogens is 371 g/mol. The number of halogens is 3. The predicted octanol–water partition coefficient (Wildman–Crippen LogP) is 4.37. The van der Waals surface area contributed by atoms with Crippen LogP contribution in [0.4, 0.5) is 18.9 Å². The maximum absolute atomic E-state index is 12.3. The lowest BCUT2D eigenvalue weighted by Gasteiger charge is -2.11. The third-order valence-electron chi connectivity index (χ3n) is 3.30. The Bertz CT molecular complexity index is 860. The normalized spacial score (nSPS) is 11.8. The molecule has 2 rings (SSSR count). The number of hydrogen-bond donors (Lipinski definition) is 1. The molecule has 5 nitrogen and oxygen atoms in total. The highest BCUT2D eigenvalue weighted by Crippen LogP contribution is 2.25. The van der Waals surface area contributed by atoms with Crippen molar-refractivity contribution in [3.05, 3.63) is 54.1 Å². The Kier molecular flexibility index (Phi) is 5.91. The lowest BCUT2D eigenvalue weighted by molar-refractivity contribution is -0.274. The zero-order valence-electron chi connectivity index (χ0n) is 13.7. The highest BCUT2D eigenvalue weighted by molar-refractivity contribution is 7.92. The Morgan fingerprint density at radius 1 is 1.04 bits per heavy atom. The third-order valence-corrected chi connectivity index (χ3v) is 4.70. The van der Waals surface area contributed by atoms with Gasteiger partial charge in [0.2, 0.25) is 0 Å². The van der Waals surface area contributed by atoms with Gasteiger partial charge in [0.1, 0.15) is 5.75 Å². The summed E-state index contributed by atoms with van der Waals surface area (Å²) in [6.45, 7) is 1.88. The average molecular weight is 387 g/mol. The van der Waals surface area contributed by atoms with Crippen LogP contribution in [0.3, 0.4) is 0 Å². The largest absolute Gasteiger partial charge is 0.573 e. The Morgan fingerprint density at radius 3 is 2.12 bits per heavy atom. The number of ketones is 1. The van der Waals surface area contributed by atoms with Crippen molar-refractivity contribution in [2.24, 2.45) is 0 Å². The van der Waals surface area contributed by atoms with Gasteiger partial charge >= 0.3 is 6.36 Å². The summed E-state index contributed by atoms with van der Waals surface area (Å²) in [7, 11) is -3.99. The van der Waals surface area contributed by atoms with Gasteiger partial charge in [-0.25, -0.2) is 8.42 Å². The molecule has 0 amide bonds. The van der Waals surface area contributed by atoms with Gasteiger partial charge in [-0.15, -0.1) is 13.2 Å². The van der Waals surface area contributed by atoms with Gasteiger partial charge in [-0.3, -0.25) is 9.52 Å². The molecule has 2 aromatic rings. The van der Waals surface area contributed by atoms with Crippen molar-refractivity contribution in [1.29, 1.82) is 0 Å². The molecule has 0 heterocycles. The second kappa shape index (κ2) is 7.77. The summed E-state index contributed by atoms with van der Waals surface area (Å²) < 4.78 is 66.9. The van der Waals surface area contributed by atoms with Crippen LogP contribution in [0.15, 0.2) is 53.4 Å². The molecule has 140 valence electrons. The smallest absolute Gasteiger partial charge is 0.406 e. The Balaban J connectivity index is 2.12. The van der Waals surface area contributed by atoms with Crippen molar-refractivity contribution in [1.82, 2.24) is 0 Å². The predicted molar refractivity (Wildman–Crippen MR) is 89.6 cm³/mol. The first-order valence-electron chi connectivity index (χ1n) is 7.62. The lowest BCUT2D eigenvalue weighted by atomic mass is 10.1. The Hall–Kier alpha value is -2.55. The maximum atomic E-state index is 12.3. The van der Waals surface area contributed by atoms with Gasteiger partial charge in [0, 0.05) is 17.7 Å². The van der Waals surface area contributed by atoms with Crippen molar-refractivity contribution in [3.63, 3.8) is 0 Å². The summed E-state index contributed by atoms with van der Waals surface area (Å²) in [5.74, 6) is -0.558. The van der Waals surface area contributed by atoms with Crippen molar-refractivity contribution in [2.45, 2.75) is 31.0 Å². The number of benzene rings is 2. The standard InChI is InChI=1S/C17H16F3NO4S/c1-2-3-16(22)12-4-6-13(7-5-12)21-26(23,24)15-10-8-14(9-11-15)25-17(18,19)20/h4-11,21H,2-3H2,1H3. The van der Waals surface area contributed by atoms with Gasteiger partial charge in [0.05, 0.1) is 4.90 Å². The zero-order chi connectivity index (χ0) is 19.4. The molecule has 0 bridgehead atoms. The SMILES string of the molecule is CCCC(=O)c1ccc(NS(=O)(=O)c2ccc(OC(F)(F)F)cc2)cc1. The first-order chi connectivity index (χ1) is 12.1. The Labute approximate surface area is 148 Å². The number of Topliss-reactive ketones (excluding diaryl/α,β-unsaturated/α-hetero) is 1. The van der Waals surface area contributed by atoms with Crippen LogP contribution in [-0.2, 0) is 10.0 Å². The van der Waals surface area contributed by atoms with Crippen molar-refractivity contribution in [2.75, 3.05) is 4.72 Å². The van der Waals surface area contributed by atoms with Gasteiger partial charge < -0.3 is 4.74 Å². The van der Waals surface area contributed by atoms with Gasteiger partial charge in [-0.1, -0.05) is 6.92 Å². The second-order valence-electron chi connectivity index (χ2n) is 5.38. The minimum absolute atomic E-state index is 0.0397. The molecule has 0 unspecified atom stereocenters.